The summed E-state index contributed by atoms with van der Waals surface area (Å²) < 4.78 is 0. The minimum atomic E-state index is 0.282. The molecule has 0 aliphatic carbocycles. The first-order valence-corrected chi connectivity index (χ1v) is 8.04. The van der Waals surface area contributed by atoms with Crippen LogP contribution in [0.15, 0.2) is 0 Å². The third-order valence-corrected chi connectivity index (χ3v) is 4.32. The van der Waals surface area contributed by atoms with Gasteiger partial charge < -0.3 is 5.32 Å². The second kappa shape index (κ2) is 7.49. The lowest BCUT2D eigenvalue weighted by Gasteiger charge is -2.48. The fourth-order valence-electron chi connectivity index (χ4n) is 3.21. The van der Waals surface area contributed by atoms with E-state index in [1.54, 1.807) is 0 Å². The molecule has 0 aromatic carbocycles. The Bertz CT molecular complexity index is 225. The van der Waals surface area contributed by atoms with Crippen LogP contribution in [0, 0.1) is 0 Å². The number of hydrogen-bond acceptors (Lipinski definition) is 2. The van der Waals surface area contributed by atoms with Gasteiger partial charge in [-0.2, -0.15) is 0 Å². The maximum absolute atomic E-state index is 3.70. The molecule has 1 N–H and O–H groups in total. The molecule has 2 nitrogen and oxygen atoms in total. The monoisotopic (exact) mass is 254 g/mol. The molecular formula is C16H34N2. The number of hydrogen-bond donors (Lipinski definition) is 1. The Balaban J connectivity index is 2.69. The highest BCUT2D eigenvalue weighted by Gasteiger charge is 2.34. The lowest BCUT2D eigenvalue weighted by atomic mass is 9.92. The van der Waals surface area contributed by atoms with E-state index in [4.69, 9.17) is 0 Å². The van der Waals surface area contributed by atoms with Crippen LogP contribution in [0.3, 0.4) is 0 Å². The van der Waals surface area contributed by atoms with Crippen molar-refractivity contribution in [2.75, 3.05) is 13.1 Å². The van der Waals surface area contributed by atoms with E-state index in [1.807, 2.05) is 0 Å². The fourth-order valence-corrected chi connectivity index (χ4v) is 3.21. The molecule has 0 amide bonds. The fraction of sp³-hybridized carbons (Fsp3) is 1.00. The van der Waals surface area contributed by atoms with Crippen molar-refractivity contribution in [1.82, 2.24) is 10.2 Å². The van der Waals surface area contributed by atoms with Crippen molar-refractivity contribution in [2.24, 2.45) is 0 Å². The van der Waals surface area contributed by atoms with Crippen molar-refractivity contribution in [2.45, 2.75) is 90.8 Å². The SMILES string of the molecule is CCCCC(CCC)N1CC(C)(C)NCC1CC. The summed E-state index contributed by atoms with van der Waals surface area (Å²) in [7, 11) is 0. The molecule has 2 heteroatoms. The average molecular weight is 254 g/mol. The zero-order chi connectivity index (χ0) is 13.6. The first-order chi connectivity index (χ1) is 8.54. The van der Waals surface area contributed by atoms with Crippen LogP contribution in [0.1, 0.15) is 73.1 Å². The first kappa shape index (κ1) is 16.0. The summed E-state index contributed by atoms with van der Waals surface area (Å²) in [5, 5.41) is 3.70. The molecule has 2 unspecified atom stereocenters. The maximum atomic E-state index is 3.70. The maximum Gasteiger partial charge on any atom is 0.0253 e. The molecule has 0 radical (unpaired) electrons. The highest BCUT2D eigenvalue weighted by Crippen LogP contribution is 2.24. The van der Waals surface area contributed by atoms with Crippen LogP contribution in [-0.2, 0) is 0 Å². The second-order valence-corrected chi connectivity index (χ2v) is 6.58. The first-order valence-electron chi connectivity index (χ1n) is 8.04. The molecular weight excluding hydrogens is 220 g/mol. The van der Waals surface area contributed by atoms with Crippen LogP contribution in [0.25, 0.3) is 0 Å². The Morgan fingerprint density at radius 1 is 1.17 bits per heavy atom. The van der Waals surface area contributed by atoms with E-state index >= 15 is 0 Å². The summed E-state index contributed by atoms with van der Waals surface area (Å²) in [5.41, 5.74) is 0.282. The molecule has 0 bridgehead atoms. The van der Waals surface area contributed by atoms with Gasteiger partial charge in [-0.3, -0.25) is 4.90 Å². The van der Waals surface area contributed by atoms with Gasteiger partial charge in [0.15, 0.2) is 0 Å². The predicted molar refractivity (Wildman–Crippen MR) is 81.1 cm³/mol. The molecule has 0 spiro atoms. The molecule has 1 aliphatic heterocycles. The molecule has 1 rings (SSSR count). The van der Waals surface area contributed by atoms with Crippen LogP contribution in [-0.4, -0.2) is 35.6 Å². The Morgan fingerprint density at radius 2 is 1.89 bits per heavy atom. The Kier molecular flexibility index (Phi) is 6.65. The summed E-state index contributed by atoms with van der Waals surface area (Å²) in [6, 6.07) is 1.55. The zero-order valence-electron chi connectivity index (χ0n) is 13.3. The summed E-state index contributed by atoms with van der Waals surface area (Å²) in [6.45, 7) is 14.0. The normalized spacial score (nSPS) is 26.2. The third-order valence-electron chi connectivity index (χ3n) is 4.32. The Morgan fingerprint density at radius 3 is 2.44 bits per heavy atom. The van der Waals surface area contributed by atoms with Crippen LogP contribution < -0.4 is 5.32 Å². The molecule has 18 heavy (non-hydrogen) atoms. The lowest BCUT2D eigenvalue weighted by Crippen LogP contribution is -2.63. The summed E-state index contributed by atoms with van der Waals surface area (Å²) >= 11 is 0. The van der Waals surface area contributed by atoms with Gasteiger partial charge in [-0.15, -0.1) is 0 Å². The summed E-state index contributed by atoms with van der Waals surface area (Å²) in [6.07, 6.45) is 8.05. The largest absolute Gasteiger partial charge is 0.309 e. The predicted octanol–water partition coefficient (Wildman–Crippen LogP) is 3.81. The van der Waals surface area contributed by atoms with Gasteiger partial charge in [0.05, 0.1) is 0 Å². The highest BCUT2D eigenvalue weighted by molar-refractivity contribution is 4.94. The van der Waals surface area contributed by atoms with Gasteiger partial charge in [0, 0.05) is 30.7 Å². The van der Waals surface area contributed by atoms with Crippen molar-refractivity contribution >= 4 is 0 Å². The van der Waals surface area contributed by atoms with E-state index < -0.39 is 0 Å². The molecule has 0 aromatic heterocycles. The van der Waals surface area contributed by atoms with E-state index in [2.05, 4.69) is 44.8 Å². The molecule has 1 saturated heterocycles. The molecule has 1 aliphatic rings. The van der Waals surface area contributed by atoms with Crippen LogP contribution in [0.4, 0.5) is 0 Å². The van der Waals surface area contributed by atoms with Crippen molar-refractivity contribution in [1.29, 1.82) is 0 Å². The van der Waals surface area contributed by atoms with Gasteiger partial charge in [-0.1, -0.05) is 40.0 Å². The van der Waals surface area contributed by atoms with Gasteiger partial charge >= 0.3 is 0 Å². The third kappa shape index (κ3) is 4.55. The number of nitrogens with one attached hydrogen (secondary N) is 1. The van der Waals surface area contributed by atoms with E-state index in [0.717, 1.165) is 18.6 Å². The standard InChI is InChI=1S/C16H34N2/c1-6-9-11-15(10-7-2)18-13-16(4,5)17-12-14(18)8-3/h14-15,17H,6-13H2,1-5H3. The van der Waals surface area contributed by atoms with Crippen molar-refractivity contribution in [3.8, 4) is 0 Å². The second-order valence-electron chi connectivity index (χ2n) is 6.58. The molecule has 2 atom stereocenters. The van der Waals surface area contributed by atoms with Gasteiger partial charge in [0.1, 0.15) is 0 Å². The average Bonchev–Trinajstić information content (AvgIpc) is 2.33. The van der Waals surface area contributed by atoms with Crippen LogP contribution in [0.2, 0.25) is 0 Å². The van der Waals surface area contributed by atoms with E-state index in [9.17, 15) is 0 Å². The van der Waals surface area contributed by atoms with Crippen LogP contribution >= 0.6 is 0 Å². The minimum absolute atomic E-state index is 0.282. The highest BCUT2D eigenvalue weighted by atomic mass is 15.3. The zero-order valence-corrected chi connectivity index (χ0v) is 13.3. The molecule has 0 saturated carbocycles. The van der Waals surface area contributed by atoms with Crippen LogP contribution in [0.5, 0.6) is 0 Å². The number of piperazine rings is 1. The lowest BCUT2D eigenvalue weighted by molar-refractivity contribution is 0.0433. The topological polar surface area (TPSA) is 15.3 Å². The number of rotatable bonds is 7. The van der Waals surface area contributed by atoms with E-state index in [1.165, 1.54) is 45.1 Å². The number of unbranched alkanes of at least 4 members (excludes halogenated alkanes) is 1. The van der Waals surface area contributed by atoms with E-state index in [0.29, 0.717) is 0 Å². The van der Waals surface area contributed by atoms with Crippen molar-refractivity contribution in [3.05, 3.63) is 0 Å². The van der Waals surface area contributed by atoms with Gasteiger partial charge in [-0.05, 0) is 33.1 Å². The molecule has 108 valence electrons. The quantitative estimate of drug-likeness (QED) is 0.743. The molecule has 1 heterocycles. The molecule has 0 aromatic rings. The van der Waals surface area contributed by atoms with Gasteiger partial charge in [0.25, 0.3) is 0 Å². The van der Waals surface area contributed by atoms with Gasteiger partial charge in [0.2, 0.25) is 0 Å². The molecule has 1 fully saturated rings. The minimum Gasteiger partial charge on any atom is -0.309 e. The summed E-state index contributed by atoms with van der Waals surface area (Å²) in [4.78, 5) is 2.82. The Hall–Kier alpha value is -0.0800. The Labute approximate surface area is 115 Å². The summed E-state index contributed by atoms with van der Waals surface area (Å²) in [5.74, 6) is 0. The van der Waals surface area contributed by atoms with Crippen molar-refractivity contribution < 1.29 is 0 Å². The van der Waals surface area contributed by atoms with Crippen molar-refractivity contribution in [3.63, 3.8) is 0 Å². The smallest absolute Gasteiger partial charge is 0.0253 e. The van der Waals surface area contributed by atoms with E-state index in [-0.39, 0.29) is 5.54 Å². The number of nitrogens with zero attached hydrogens (tertiary/aromatic N) is 1. The van der Waals surface area contributed by atoms with Gasteiger partial charge in [-0.25, -0.2) is 0 Å².